The average molecular weight is 469 g/mol. The molecule has 34 heavy (non-hydrogen) atoms. The summed E-state index contributed by atoms with van der Waals surface area (Å²) in [6, 6.07) is 0. The van der Waals surface area contributed by atoms with Gasteiger partial charge in [-0.2, -0.15) is 0 Å². The van der Waals surface area contributed by atoms with E-state index in [4.69, 9.17) is 9.47 Å². The third-order valence-corrected chi connectivity index (χ3v) is 11.1. The summed E-state index contributed by atoms with van der Waals surface area (Å²) in [7, 11) is 0. The molecule has 10 atom stereocenters. The van der Waals surface area contributed by atoms with Crippen molar-refractivity contribution in [2.45, 2.75) is 90.3 Å². The van der Waals surface area contributed by atoms with E-state index in [1.807, 2.05) is 20.8 Å². The van der Waals surface area contributed by atoms with Crippen molar-refractivity contribution in [3.8, 4) is 0 Å². The fraction of sp³-hybridized carbons (Fsp3) is 0.714. The lowest BCUT2D eigenvalue weighted by atomic mass is 9.46. The predicted octanol–water partition coefficient (Wildman–Crippen LogP) is 3.62. The Morgan fingerprint density at radius 1 is 1.06 bits per heavy atom. The topological polar surface area (TPSA) is 93.1 Å². The van der Waals surface area contributed by atoms with Crippen LogP contribution in [0.15, 0.2) is 34.9 Å². The summed E-state index contributed by atoms with van der Waals surface area (Å²) in [5.74, 6) is 0.533. The lowest BCUT2D eigenvalue weighted by Crippen LogP contribution is -2.56. The van der Waals surface area contributed by atoms with Crippen molar-refractivity contribution in [2.75, 3.05) is 0 Å². The minimum absolute atomic E-state index is 0.0871. The molecule has 2 heterocycles. The van der Waals surface area contributed by atoms with E-state index in [-0.39, 0.29) is 40.8 Å². The predicted molar refractivity (Wildman–Crippen MR) is 124 cm³/mol. The van der Waals surface area contributed by atoms with Crippen LogP contribution < -0.4 is 0 Å². The van der Waals surface area contributed by atoms with Gasteiger partial charge >= 0.3 is 5.97 Å². The highest BCUT2D eigenvalue weighted by Crippen LogP contribution is 2.71. The molecule has 0 aromatic heterocycles. The number of fused-ring (bicyclic) bond motifs is 4. The van der Waals surface area contributed by atoms with Gasteiger partial charge in [-0.1, -0.05) is 11.6 Å². The number of aliphatic hydroxyl groups is 2. The van der Waals surface area contributed by atoms with Crippen LogP contribution in [0.1, 0.15) is 66.2 Å². The number of carbonyl (C=O) groups excluding carboxylic acids is 2. The van der Waals surface area contributed by atoms with Gasteiger partial charge in [0.05, 0.1) is 11.5 Å². The summed E-state index contributed by atoms with van der Waals surface area (Å²) in [4.78, 5) is 25.7. The van der Waals surface area contributed by atoms with Gasteiger partial charge in [-0.25, -0.2) is 4.79 Å². The summed E-state index contributed by atoms with van der Waals surface area (Å²) in [6.45, 7) is 7.83. The molecule has 0 bridgehead atoms. The van der Waals surface area contributed by atoms with E-state index >= 15 is 0 Å². The molecule has 1 unspecified atom stereocenters. The molecule has 4 aliphatic carbocycles. The van der Waals surface area contributed by atoms with Crippen LogP contribution in [0.3, 0.4) is 0 Å². The van der Waals surface area contributed by atoms with Gasteiger partial charge in [0.15, 0.2) is 12.1 Å². The summed E-state index contributed by atoms with van der Waals surface area (Å²) in [6.07, 6.45) is 8.19. The molecule has 0 radical (unpaired) electrons. The van der Waals surface area contributed by atoms with E-state index in [1.54, 1.807) is 19.1 Å². The molecule has 6 heteroatoms. The fourth-order valence-electron chi connectivity index (χ4n) is 9.17. The van der Waals surface area contributed by atoms with Gasteiger partial charge in [-0.15, -0.1) is 0 Å². The molecule has 3 fully saturated rings. The maximum Gasteiger partial charge on any atom is 0.334 e. The number of allylic oxidation sites excluding steroid dienone is 2. The standard InChI is InChI=1S/C28H36O6/c1-14-13-23(33-24(31)15(14)2)27(4)21-9-7-18-16-5-6-19-20(29)8-10-22(30)26(19,3)17(16)11-12-28(18,21)25(32)34-27/h6,8,10,16-18,20-21,23,25,29,32H,5,7,9,11-13H2,1-4H3/t16-,17+,18+,20+,21-,23?,25+,26-,27-,28-/m1/s1. The second-order valence-electron chi connectivity index (χ2n) is 12.1. The second kappa shape index (κ2) is 7.14. The number of cyclic esters (lactones) is 1. The van der Waals surface area contributed by atoms with Crippen molar-refractivity contribution >= 4 is 11.8 Å². The molecule has 6 rings (SSSR count). The van der Waals surface area contributed by atoms with E-state index in [0.29, 0.717) is 12.0 Å². The van der Waals surface area contributed by atoms with Gasteiger partial charge < -0.3 is 19.7 Å². The molecule has 0 aromatic rings. The Morgan fingerprint density at radius 2 is 1.82 bits per heavy atom. The molecular formula is C28H36O6. The van der Waals surface area contributed by atoms with Crippen LogP contribution >= 0.6 is 0 Å². The third-order valence-electron chi connectivity index (χ3n) is 11.1. The molecule has 1 spiro atoms. The zero-order chi connectivity index (χ0) is 24.2. The molecule has 0 amide bonds. The monoisotopic (exact) mass is 468 g/mol. The number of ketones is 1. The maximum absolute atomic E-state index is 13.2. The zero-order valence-electron chi connectivity index (χ0n) is 20.5. The first kappa shape index (κ1) is 22.7. The first-order valence-electron chi connectivity index (χ1n) is 12.9. The first-order valence-corrected chi connectivity index (χ1v) is 12.9. The van der Waals surface area contributed by atoms with Crippen molar-refractivity contribution in [1.82, 2.24) is 0 Å². The van der Waals surface area contributed by atoms with Crippen LogP contribution in [0.25, 0.3) is 0 Å². The van der Waals surface area contributed by atoms with Crippen LogP contribution in [-0.4, -0.2) is 46.1 Å². The summed E-state index contributed by atoms with van der Waals surface area (Å²) in [5.41, 5.74) is 0.747. The van der Waals surface area contributed by atoms with Crippen molar-refractivity contribution in [2.24, 2.45) is 34.5 Å². The van der Waals surface area contributed by atoms with Crippen LogP contribution in [-0.2, 0) is 19.1 Å². The smallest absolute Gasteiger partial charge is 0.334 e. The Hall–Kier alpha value is -1.76. The number of aliphatic hydroxyl groups excluding tert-OH is 2. The molecular weight excluding hydrogens is 432 g/mol. The Kier molecular flexibility index (Phi) is 4.77. The van der Waals surface area contributed by atoms with Gasteiger partial charge in [0.25, 0.3) is 0 Å². The normalized spacial score (nSPS) is 51.9. The number of carbonyl (C=O) groups is 2. The first-order chi connectivity index (χ1) is 16.0. The fourth-order valence-corrected chi connectivity index (χ4v) is 9.17. The highest BCUT2D eigenvalue weighted by Gasteiger charge is 2.73. The molecule has 2 aliphatic heterocycles. The van der Waals surface area contributed by atoms with Gasteiger partial charge in [0.1, 0.15) is 11.7 Å². The molecule has 184 valence electrons. The van der Waals surface area contributed by atoms with Gasteiger partial charge in [0.2, 0.25) is 0 Å². The number of ether oxygens (including phenoxy) is 2. The Labute approximate surface area is 201 Å². The lowest BCUT2D eigenvalue weighted by Gasteiger charge is -2.56. The largest absolute Gasteiger partial charge is 0.456 e. The highest BCUT2D eigenvalue weighted by atomic mass is 16.6. The van der Waals surface area contributed by atoms with E-state index in [2.05, 4.69) is 6.08 Å². The zero-order valence-corrected chi connectivity index (χ0v) is 20.5. The number of esters is 1. The van der Waals surface area contributed by atoms with E-state index in [1.165, 1.54) is 0 Å². The van der Waals surface area contributed by atoms with Crippen LogP contribution in [0.2, 0.25) is 0 Å². The van der Waals surface area contributed by atoms with Crippen LogP contribution in [0, 0.1) is 34.5 Å². The SMILES string of the molecule is CC1=C(C)C(=O)OC([C@]2(C)O[C@H](O)[C@]34CC[C@H]5[C@@H](CC=C6[C@@H](O)C=CC(=O)[C@@]65C)[C@@H]3CC[C@@H]42)C1. The van der Waals surface area contributed by atoms with Gasteiger partial charge in [-0.3, -0.25) is 4.79 Å². The van der Waals surface area contributed by atoms with E-state index < -0.39 is 29.5 Å². The quantitative estimate of drug-likeness (QED) is 0.451. The van der Waals surface area contributed by atoms with Crippen LogP contribution in [0.4, 0.5) is 0 Å². The summed E-state index contributed by atoms with van der Waals surface area (Å²) >= 11 is 0. The van der Waals surface area contributed by atoms with Crippen molar-refractivity contribution in [3.05, 3.63) is 34.9 Å². The minimum atomic E-state index is -0.910. The van der Waals surface area contributed by atoms with Gasteiger partial charge in [-0.05, 0) is 95.3 Å². The number of hydrogen-bond donors (Lipinski definition) is 2. The Morgan fingerprint density at radius 3 is 2.56 bits per heavy atom. The molecule has 6 aliphatic rings. The van der Waals surface area contributed by atoms with Gasteiger partial charge in [0, 0.05) is 23.3 Å². The number of rotatable bonds is 1. The van der Waals surface area contributed by atoms with Crippen molar-refractivity contribution < 1.29 is 29.3 Å². The Balaban J connectivity index is 1.36. The summed E-state index contributed by atoms with van der Waals surface area (Å²) < 4.78 is 12.3. The van der Waals surface area contributed by atoms with Crippen molar-refractivity contribution in [1.29, 1.82) is 0 Å². The lowest BCUT2D eigenvalue weighted by molar-refractivity contribution is -0.215. The second-order valence-corrected chi connectivity index (χ2v) is 12.1. The molecule has 2 N–H and O–H groups in total. The van der Waals surface area contributed by atoms with E-state index in [9.17, 15) is 19.8 Å². The molecule has 2 saturated carbocycles. The average Bonchev–Trinajstić information content (AvgIpc) is 3.30. The Bertz CT molecular complexity index is 1060. The minimum Gasteiger partial charge on any atom is -0.456 e. The molecule has 1 saturated heterocycles. The summed E-state index contributed by atoms with van der Waals surface area (Å²) in [5, 5.41) is 22.1. The third kappa shape index (κ3) is 2.57. The van der Waals surface area contributed by atoms with Crippen LogP contribution in [0.5, 0.6) is 0 Å². The van der Waals surface area contributed by atoms with E-state index in [0.717, 1.165) is 43.3 Å². The highest BCUT2D eigenvalue weighted by molar-refractivity contribution is 5.99. The molecule has 6 nitrogen and oxygen atoms in total. The number of hydrogen-bond acceptors (Lipinski definition) is 6. The van der Waals surface area contributed by atoms with Crippen molar-refractivity contribution in [3.63, 3.8) is 0 Å². The molecule has 0 aromatic carbocycles. The maximum atomic E-state index is 13.2.